The monoisotopic (exact) mass is 282 g/mol. The molecule has 2 heterocycles. The first kappa shape index (κ1) is 13.5. The first-order valence-electron chi connectivity index (χ1n) is 7.19. The third kappa shape index (κ3) is 3.18. The van der Waals surface area contributed by atoms with Crippen molar-refractivity contribution in [2.45, 2.75) is 19.8 Å². The van der Waals surface area contributed by atoms with E-state index in [0.29, 0.717) is 5.69 Å². The number of aromatic nitrogens is 2. The van der Waals surface area contributed by atoms with Crippen LogP contribution in [0.3, 0.4) is 0 Å². The predicted octanol–water partition coefficient (Wildman–Crippen LogP) is 2.64. The summed E-state index contributed by atoms with van der Waals surface area (Å²) in [4.78, 5) is 14.3. The number of hydrogen-bond donors (Lipinski definition) is 1. The zero-order valence-corrected chi connectivity index (χ0v) is 12.0. The molecule has 1 saturated heterocycles. The Morgan fingerprint density at radius 2 is 1.76 bits per heavy atom. The molecule has 1 N–H and O–H groups in total. The lowest BCUT2D eigenvalue weighted by Gasteiger charge is -2.15. The molecule has 1 aliphatic rings. The fourth-order valence-corrected chi connectivity index (χ4v) is 2.39. The zero-order valence-electron chi connectivity index (χ0n) is 12.0. The van der Waals surface area contributed by atoms with E-state index in [9.17, 15) is 4.79 Å². The van der Waals surface area contributed by atoms with Crippen molar-refractivity contribution in [3.8, 4) is 0 Å². The first-order chi connectivity index (χ1) is 10.2. The number of aryl methyl sites for hydroxylation is 1. The van der Waals surface area contributed by atoms with Crippen molar-refractivity contribution < 1.29 is 4.79 Å². The fourth-order valence-electron chi connectivity index (χ4n) is 2.39. The summed E-state index contributed by atoms with van der Waals surface area (Å²) < 4.78 is 0. The molecule has 108 valence electrons. The van der Waals surface area contributed by atoms with Crippen molar-refractivity contribution in [2.24, 2.45) is 0 Å². The van der Waals surface area contributed by atoms with Crippen molar-refractivity contribution in [1.29, 1.82) is 0 Å². The maximum absolute atomic E-state index is 12.1. The molecule has 0 saturated carbocycles. The molecule has 0 spiro atoms. The van der Waals surface area contributed by atoms with Gasteiger partial charge >= 0.3 is 0 Å². The Morgan fingerprint density at radius 3 is 2.38 bits per heavy atom. The molecular formula is C16H18N4O. The molecule has 1 aliphatic heterocycles. The molecule has 0 radical (unpaired) electrons. The lowest BCUT2D eigenvalue weighted by molar-refractivity contribution is 0.102. The van der Waals surface area contributed by atoms with Crippen LogP contribution in [0.1, 0.15) is 28.9 Å². The van der Waals surface area contributed by atoms with E-state index in [1.165, 1.54) is 12.8 Å². The number of nitrogens with one attached hydrogen (secondary N) is 1. The highest BCUT2D eigenvalue weighted by Crippen LogP contribution is 2.17. The topological polar surface area (TPSA) is 58.1 Å². The number of nitrogens with zero attached hydrogens (tertiary/aromatic N) is 3. The Kier molecular flexibility index (Phi) is 3.81. The van der Waals surface area contributed by atoms with Gasteiger partial charge in [-0.15, -0.1) is 10.2 Å². The van der Waals surface area contributed by atoms with Crippen molar-refractivity contribution in [1.82, 2.24) is 10.2 Å². The Bertz CT molecular complexity index is 616. The van der Waals surface area contributed by atoms with Crippen LogP contribution in [0.2, 0.25) is 0 Å². The normalized spacial score (nSPS) is 14.2. The summed E-state index contributed by atoms with van der Waals surface area (Å²) in [5, 5.41) is 11.0. The van der Waals surface area contributed by atoms with Gasteiger partial charge in [-0.3, -0.25) is 4.79 Å². The quantitative estimate of drug-likeness (QED) is 0.940. The minimum absolute atomic E-state index is 0.237. The van der Waals surface area contributed by atoms with Crippen LogP contribution in [0.15, 0.2) is 36.4 Å². The van der Waals surface area contributed by atoms with Gasteiger partial charge in [0.05, 0.1) is 0 Å². The summed E-state index contributed by atoms with van der Waals surface area (Å²) in [6, 6.07) is 11.3. The SMILES string of the molecule is Cc1ccc(NC(=O)c2ccc(N3CCCC3)nn2)cc1. The smallest absolute Gasteiger partial charge is 0.276 e. The molecule has 3 rings (SSSR count). The highest BCUT2D eigenvalue weighted by molar-refractivity contribution is 6.02. The van der Waals surface area contributed by atoms with E-state index in [4.69, 9.17) is 0 Å². The summed E-state index contributed by atoms with van der Waals surface area (Å²) in [5.74, 6) is 0.610. The van der Waals surface area contributed by atoms with Gasteiger partial charge in [0.25, 0.3) is 5.91 Å². The third-order valence-electron chi connectivity index (χ3n) is 3.62. The van der Waals surface area contributed by atoms with E-state index in [-0.39, 0.29) is 5.91 Å². The second-order valence-corrected chi connectivity index (χ2v) is 5.29. The van der Waals surface area contributed by atoms with Crippen LogP contribution < -0.4 is 10.2 Å². The Balaban J connectivity index is 1.68. The predicted molar refractivity (Wildman–Crippen MR) is 82.6 cm³/mol. The number of benzene rings is 1. The molecule has 2 aromatic rings. The van der Waals surface area contributed by atoms with Gasteiger partial charge in [-0.1, -0.05) is 17.7 Å². The Hall–Kier alpha value is -2.43. The summed E-state index contributed by atoms with van der Waals surface area (Å²) >= 11 is 0. The molecule has 0 aliphatic carbocycles. The van der Waals surface area contributed by atoms with Gasteiger partial charge in [-0.05, 0) is 44.0 Å². The van der Waals surface area contributed by atoms with E-state index in [1.54, 1.807) is 6.07 Å². The third-order valence-corrected chi connectivity index (χ3v) is 3.62. The van der Waals surface area contributed by atoms with Gasteiger partial charge in [0.1, 0.15) is 0 Å². The highest BCUT2D eigenvalue weighted by Gasteiger charge is 2.15. The van der Waals surface area contributed by atoms with Gasteiger partial charge in [0, 0.05) is 18.8 Å². The fraction of sp³-hybridized carbons (Fsp3) is 0.312. The molecule has 1 aromatic carbocycles. The standard InChI is InChI=1S/C16H18N4O/c1-12-4-6-13(7-5-12)17-16(21)14-8-9-15(19-18-14)20-10-2-3-11-20/h4-9H,2-3,10-11H2,1H3,(H,17,21). The molecule has 5 heteroatoms. The van der Waals surface area contributed by atoms with Gasteiger partial charge in [0.15, 0.2) is 11.5 Å². The highest BCUT2D eigenvalue weighted by atomic mass is 16.1. The average molecular weight is 282 g/mol. The maximum Gasteiger partial charge on any atom is 0.276 e. The van der Waals surface area contributed by atoms with E-state index >= 15 is 0 Å². The van der Waals surface area contributed by atoms with E-state index in [0.717, 1.165) is 30.2 Å². The lowest BCUT2D eigenvalue weighted by atomic mass is 10.2. The number of carbonyl (C=O) groups excluding carboxylic acids is 1. The van der Waals surface area contributed by atoms with Crippen molar-refractivity contribution in [2.75, 3.05) is 23.3 Å². The number of anilines is 2. The van der Waals surface area contributed by atoms with Gasteiger partial charge < -0.3 is 10.2 Å². The second-order valence-electron chi connectivity index (χ2n) is 5.29. The van der Waals surface area contributed by atoms with Crippen LogP contribution in [0.4, 0.5) is 11.5 Å². The van der Waals surface area contributed by atoms with Crippen LogP contribution >= 0.6 is 0 Å². The lowest BCUT2D eigenvalue weighted by Crippen LogP contribution is -2.21. The molecular weight excluding hydrogens is 264 g/mol. The number of amides is 1. The number of rotatable bonds is 3. The van der Waals surface area contributed by atoms with Gasteiger partial charge in [-0.25, -0.2) is 0 Å². The minimum Gasteiger partial charge on any atom is -0.355 e. The zero-order chi connectivity index (χ0) is 14.7. The molecule has 5 nitrogen and oxygen atoms in total. The largest absolute Gasteiger partial charge is 0.355 e. The van der Waals surface area contributed by atoms with E-state index in [2.05, 4.69) is 20.4 Å². The minimum atomic E-state index is -0.237. The first-order valence-corrected chi connectivity index (χ1v) is 7.19. The molecule has 1 amide bonds. The summed E-state index contributed by atoms with van der Waals surface area (Å²) in [6.07, 6.45) is 2.38. The molecule has 1 aromatic heterocycles. The Labute approximate surface area is 124 Å². The summed E-state index contributed by atoms with van der Waals surface area (Å²) in [7, 11) is 0. The summed E-state index contributed by atoms with van der Waals surface area (Å²) in [5.41, 5.74) is 2.25. The van der Waals surface area contributed by atoms with Crippen LogP contribution in [-0.2, 0) is 0 Å². The molecule has 0 unspecified atom stereocenters. The van der Waals surface area contributed by atoms with Crippen molar-refractivity contribution in [3.63, 3.8) is 0 Å². The van der Waals surface area contributed by atoms with Gasteiger partial charge in [-0.2, -0.15) is 0 Å². The summed E-state index contributed by atoms with van der Waals surface area (Å²) in [6.45, 7) is 4.04. The van der Waals surface area contributed by atoms with Crippen LogP contribution in [0.5, 0.6) is 0 Å². The Morgan fingerprint density at radius 1 is 1.05 bits per heavy atom. The van der Waals surface area contributed by atoms with Crippen LogP contribution in [0, 0.1) is 6.92 Å². The second kappa shape index (κ2) is 5.91. The van der Waals surface area contributed by atoms with Crippen molar-refractivity contribution >= 4 is 17.4 Å². The van der Waals surface area contributed by atoms with Crippen LogP contribution in [-0.4, -0.2) is 29.2 Å². The molecule has 1 fully saturated rings. The number of hydrogen-bond acceptors (Lipinski definition) is 4. The molecule has 21 heavy (non-hydrogen) atoms. The maximum atomic E-state index is 12.1. The van der Waals surface area contributed by atoms with Crippen molar-refractivity contribution in [3.05, 3.63) is 47.7 Å². The van der Waals surface area contributed by atoms with Crippen LogP contribution in [0.25, 0.3) is 0 Å². The van der Waals surface area contributed by atoms with E-state index < -0.39 is 0 Å². The number of carbonyl (C=O) groups is 1. The molecule has 0 bridgehead atoms. The molecule has 0 atom stereocenters. The van der Waals surface area contributed by atoms with Gasteiger partial charge in [0.2, 0.25) is 0 Å². The average Bonchev–Trinajstić information content (AvgIpc) is 3.04. The van der Waals surface area contributed by atoms with E-state index in [1.807, 2.05) is 37.3 Å².